The Morgan fingerprint density at radius 3 is 2.15 bits per heavy atom. The summed E-state index contributed by atoms with van der Waals surface area (Å²) in [7, 11) is -3.66. The van der Waals surface area contributed by atoms with Crippen molar-refractivity contribution in [2.24, 2.45) is 0 Å². The van der Waals surface area contributed by atoms with Gasteiger partial charge in [0.2, 0.25) is 5.91 Å². The van der Waals surface area contributed by atoms with E-state index in [1.165, 1.54) is 0 Å². The molecule has 1 heterocycles. The largest absolute Gasteiger partial charge is 0.368 e. The first-order chi connectivity index (χ1) is 16.2. The highest BCUT2D eigenvalue weighted by molar-refractivity contribution is 7.92. The molecule has 1 aliphatic heterocycles. The lowest BCUT2D eigenvalue weighted by molar-refractivity contribution is -0.132. The number of sulfonamides is 1. The van der Waals surface area contributed by atoms with Crippen molar-refractivity contribution in [3.8, 4) is 0 Å². The number of nitrogens with zero attached hydrogens (tertiary/aromatic N) is 2. The summed E-state index contributed by atoms with van der Waals surface area (Å²) in [5.74, 6) is -0.289. The number of anilines is 2. The molecule has 3 aromatic carbocycles. The molecular weight excluding hydrogens is 493 g/mol. The van der Waals surface area contributed by atoms with E-state index in [0.717, 1.165) is 11.3 Å². The van der Waals surface area contributed by atoms with Gasteiger partial charge in [0, 0.05) is 37.6 Å². The number of nitrogens with one attached hydrogen (secondary N) is 1. The van der Waals surface area contributed by atoms with Crippen molar-refractivity contribution in [2.75, 3.05) is 35.8 Å². The van der Waals surface area contributed by atoms with Crippen LogP contribution in [0.5, 0.6) is 0 Å². The average molecular weight is 518 g/mol. The highest BCUT2D eigenvalue weighted by Crippen LogP contribution is 2.28. The second-order valence-corrected chi connectivity index (χ2v) is 10.7. The number of hydrogen-bond donors (Lipinski definition) is 1. The number of rotatable bonds is 6. The molecule has 1 saturated heterocycles. The molecule has 3 aromatic rings. The lowest BCUT2D eigenvalue weighted by Crippen LogP contribution is -2.49. The van der Waals surface area contributed by atoms with Crippen LogP contribution >= 0.6 is 23.2 Å². The van der Waals surface area contributed by atoms with E-state index < -0.39 is 10.0 Å². The third-order valence-corrected chi connectivity index (χ3v) is 8.08. The quantitative estimate of drug-likeness (QED) is 0.484. The van der Waals surface area contributed by atoms with Crippen LogP contribution in [-0.2, 0) is 14.8 Å². The third-order valence-electron chi connectivity index (χ3n) is 5.95. The van der Waals surface area contributed by atoms with Crippen LogP contribution in [0.15, 0.2) is 77.7 Å². The topological polar surface area (TPSA) is 69.7 Å². The Kier molecular flexibility index (Phi) is 7.36. The van der Waals surface area contributed by atoms with Crippen molar-refractivity contribution in [1.29, 1.82) is 0 Å². The zero-order chi connectivity index (χ0) is 24.3. The zero-order valence-electron chi connectivity index (χ0n) is 18.6. The number of carbonyl (C=O) groups is 1. The van der Waals surface area contributed by atoms with Gasteiger partial charge in [0.05, 0.1) is 20.9 Å². The molecule has 178 valence electrons. The maximum absolute atomic E-state index is 13.1. The summed E-state index contributed by atoms with van der Waals surface area (Å²) >= 11 is 12.1. The zero-order valence-corrected chi connectivity index (χ0v) is 20.9. The lowest BCUT2D eigenvalue weighted by Gasteiger charge is -2.37. The Morgan fingerprint density at radius 1 is 0.882 bits per heavy atom. The Labute approximate surface area is 210 Å². The molecule has 0 spiro atoms. The number of carbonyl (C=O) groups excluding carboxylic acids is 1. The molecule has 9 heteroatoms. The summed E-state index contributed by atoms with van der Waals surface area (Å²) in [4.78, 5) is 17.3. The van der Waals surface area contributed by atoms with Crippen LogP contribution in [0.4, 0.5) is 11.4 Å². The molecule has 0 aromatic heterocycles. The highest BCUT2D eigenvalue weighted by Gasteiger charge is 2.26. The number of hydrogen-bond acceptors (Lipinski definition) is 4. The third kappa shape index (κ3) is 5.49. The van der Waals surface area contributed by atoms with E-state index in [0.29, 0.717) is 41.9 Å². The van der Waals surface area contributed by atoms with Crippen LogP contribution < -0.4 is 9.62 Å². The Balaban J connectivity index is 1.36. The molecule has 0 aliphatic carbocycles. The van der Waals surface area contributed by atoms with Crippen molar-refractivity contribution >= 4 is 50.5 Å². The van der Waals surface area contributed by atoms with Gasteiger partial charge in [-0.1, -0.05) is 53.5 Å². The second kappa shape index (κ2) is 10.3. The molecular formula is C25H25Cl2N3O3S. The second-order valence-electron chi connectivity index (χ2n) is 8.17. The van der Waals surface area contributed by atoms with E-state index in [1.54, 1.807) is 60.7 Å². The molecule has 4 rings (SSSR count). The van der Waals surface area contributed by atoms with Gasteiger partial charge in [-0.15, -0.1) is 0 Å². The minimum Gasteiger partial charge on any atom is -0.368 e. The lowest BCUT2D eigenvalue weighted by atomic mass is 9.99. The minimum atomic E-state index is -3.66. The molecule has 6 nitrogen and oxygen atoms in total. The fourth-order valence-electron chi connectivity index (χ4n) is 3.94. The van der Waals surface area contributed by atoms with Crippen LogP contribution in [0.3, 0.4) is 0 Å². The normalized spacial score (nSPS) is 15.1. The summed E-state index contributed by atoms with van der Waals surface area (Å²) in [6.07, 6.45) is 0. The van der Waals surface area contributed by atoms with Crippen molar-refractivity contribution in [2.45, 2.75) is 17.7 Å². The van der Waals surface area contributed by atoms with Gasteiger partial charge in [-0.05, 0) is 55.0 Å². The number of halogens is 2. The molecule has 1 fully saturated rings. The molecule has 1 unspecified atom stereocenters. The molecule has 1 N–H and O–H groups in total. The maximum Gasteiger partial charge on any atom is 0.261 e. The van der Waals surface area contributed by atoms with E-state index in [-0.39, 0.29) is 16.7 Å². The first kappa shape index (κ1) is 24.4. The monoisotopic (exact) mass is 517 g/mol. The van der Waals surface area contributed by atoms with Gasteiger partial charge in [-0.25, -0.2) is 8.42 Å². The smallest absolute Gasteiger partial charge is 0.261 e. The van der Waals surface area contributed by atoms with Gasteiger partial charge in [0.25, 0.3) is 10.0 Å². The van der Waals surface area contributed by atoms with E-state index in [2.05, 4.69) is 9.62 Å². The SMILES string of the molecule is CC(C(=O)N1CCN(c2ccc(Cl)c(Cl)c2)CC1)c1ccc(NS(=O)(=O)c2ccccc2)cc1. The van der Waals surface area contributed by atoms with Gasteiger partial charge in [0.1, 0.15) is 0 Å². The van der Waals surface area contributed by atoms with E-state index in [4.69, 9.17) is 23.2 Å². The van der Waals surface area contributed by atoms with E-state index in [9.17, 15) is 13.2 Å². The first-order valence-corrected chi connectivity index (χ1v) is 13.1. The van der Waals surface area contributed by atoms with Crippen LogP contribution in [0.1, 0.15) is 18.4 Å². The molecule has 0 saturated carbocycles. The number of piperazine rings is 1. The molecule has 0 radical (unpaired) electrons. The fraction of sp³-hybridized carbons (Fsp3) is 0.240. The van der Waals surface area contributed by atoms with Crippen molar-refractivity contribution in [3.05, 3.63) is 88.4 Å². The number of benzene rings is 3. The van der Waals surface area contributed by atoms with Crippen LogP contribution in [0.25, 0.3) is 0 Å². The Bertz CT molecular complexity index is 1260. The molecule has 1 amide bonds. The fourth-order valence-corrected chi connectivity index (χ4v) is 5.31. The standard InChI is InChI=1S/C25H25Cl2N3O3S/c1-18(19-7-9-20(10-8-19)28-34(32,33)22-5-3-2-4-6-22)25(31)30-15-13-29(14-16-30)21-11-12-23(26)24(27)17-21/h2-12,17-18,28H,13-16H2,1H3. The summed E-state index contributed by atoms with van der Waals surface area (Å²) in [6.45, 7) is 4.50. The van der Waals surface area contributed by atoms with Crippen molar-refractivity contribution < 1.29 is 13.2 Å². The van der Waals surface area contributed by atoms with Crippen molar-refractivity contribution in [1.82, 2.24) is 4.90 Å². The van der Waals surface area contributed by atoms with Gasteiger partial charge in [-0.2, -0.15) is 0 Å². The average Bonchev–Trinajstić information content (AvgIpc) is 2.86. The molecule has 34 heavy (non-hydrogen) atoms. The highest BCUT2D eigenvalue weighted by atomic mass is 35.5. The molecule has 1 aliphatic rings. The summed E-state index contributed by atoms with van der Waals surface area (Å²) < 4.78 is 27.6. The summed E-state index contributed by atoms with van der Waals surface area (Å²) in [6, 6.07) is 20.7. The first-order valence-electron chi connectivity index (χ1n) is 10.9. The van der Waals surface area contributed by atoms with Crippen LogP contribution in [-0.4, -0.2) is 45.4 Å². The van der Waals surface area contributed by atoms with Gasteiger partial charge >= 0.3 is 0 Å². The van der Waals surface area contributed by atoms with E-state index >= 15 is 0 Å². The predicted octanol–water partition coefficient (Wildman–Crippen LogP) is 5.25. The van der Waals surface area contributed by atoms with Crippen LogP contribution in [0, 0.1) is 0 Å². The molecule has 0 bridgehead atoms. The predicted molar refractivity (Wildman–Crippen MR) is 137 cm³/mol. The van der Waals surface area contributed by atoms with Gasteiger partial charge < -0.3 is 9.80 Å². The summed E-state index contributed by atoms with van der Waals surface area (Å²) in [5.41, 5.74) is 2.27. The molecule has 1 atom stereocenters. The van der Waals surface area contributed by atoms with Gasteiger partial charge in [0.15, 0.2) is 0 Å². The number of amides is 1. The summed E-state index contributed by atoms with van der Waals surface area (Å²) in [5, 5.41) is 1.03. The Hall–Kier alpha value is -2.74. The van der Waals surface area contributed by atoms with Crippen LogP contribution in [0.2, 0.25) is 10.0 Å². The van der Waals surface area contributed by atoms with E-state index in [1.807, 2.05) is 24.0 Å². The van der Waals surface area contributed by atoms with Crippen molar-refractivity contribution in [3.63, 3.8) is 0 Å². The maximum atomic E-state index is 13.1. The Morgan fingerprint density at radius 2 is 1.53 bits per heavy atom. The minimum absolute atomic E-state index is 0.0476. The van der Waals surface area contributed by atoms with Gasteiger partial charge in [-0.3, -0.25) is 9.52 Å².